The van der Waals surface area contributed by atoms with Crippen LogP contribution in [0.3, 0.4) is 0 Å². The molecule has 92 valence electrons. The van der Waals surface area contributed by atoms with Crippen LogP contribution in [-0.2, 0) is 6.54 Å². The monoisotopic (exact) mass is 244 g/mol. The van der Waals surface area contributed by atoms with Gasteiger partial charge in [0.25, 0.3) is 5.56 Å². The quantitative estimate of drug-likeness (QED) is 0.833. The molecule has 1 aromatic carbocycles. The molecular weight excluding hydrogens is 232 g/mol. The van der Waals surface area contributed by atoms with Gasteiger partial charge in [0.15, 0.2) is 5.69 Å². The number of carboxylic acid groups (broad SMARTS) is 1. The van der Waals surface area contributed by atoms with E-state index in [2.05, 4.69) is 5.10 Å². The van der Waals surface area contributed by atoms with E-state index in [0.717, 1.165) is 4.68 Å². The Kier molecular flexibility index (Phi) is 3.23. The second kappa shape index (κ2) is 4.83. The predicted molar refractivity (Wildman–Crippen MR) is 67.8 cm³/mol. The summed E-state index contributed by atoms with van der Waals surface area (Å²) in [5, 5.41) is 13.8. The first kappa shape index (κ1) is 12.0. The van der Waals surface area contributed by atoms with Gasteiger partial charge in [-0.05, 0) is 13.0 Å². The van der Waals surface area contributed by atoms with Crippen molar-refractivity contribution in [2.75, 3.05) is 0 Å². The lowest BCUT2D eigenvalue weighted by atomic mass is 10.1. The Bertz CT molecular complexity index is 686. The van der Waals surface area contributed by atoms with Crippen LogP contribution < -0.4 is 5.56 Å². The summed E-state index contributed by atoms with van der Waals surface area (Å²) in [6, 6.07) is 6.59. The number of aromatic carboxylic acids is 1. The molecule has 0 amide bonds. The van der Waals surface area contributed by atoms with Gasteiger partial charge in [-0.3, -0.25) is 4.79 Å². The van der Waals surface area contributed by atoms with Crippen LogP contribution in [-0.4, -0.2) is 20.9 Å². The predicted octanol–water partition coefficient (Wildman–Crippen LogP) is 1.67. The fourth-order valence-electron chi connectivity index (χ4n) is 1.72. The van der Waals surface area contributed by atoms with Gasteiger partial charge in [0.2, 0.25) is 0 Å². The van der Waals surface area contributed by atoms with E-state index in [1.165, 1.54) is 0 Å². The Morgan fingerprint density at radius 3 is 2.67 bits per heavy atom. The first-order valence-electron chi connectivity index (χ1n) is 5.49. The van der Waals surface area contributed by atoms with Crippen LogP contribution in [0, 0.1) is 0 Å². The van der Waals surface area contributed by atoms with E-state index in [0.29, 0.717) is 10.8 Å². The van der Waals surface area contributed by atoms with Gasteiger partial charge in [-0.1, -0.05) is 30.4 Å². The van der Waals surface area contributed by atoms with E-state index >= 15 is 0 Å². The summed E-state index contributed by atoms with van der Waals surface area (Å²) in [6.07, 6.45) is 3.53. The van der Waals surface area contributed by atoms with Crippen LogP contribution in [0.25, 0.3) is 10.8 Å². The molecule has 0 aliphatic rings. The molecule has 1 aromatic heterocycles. The Labute approximate surface area is 103 Å². The minimum absolute atomic E-state index is 0.102. The van der Waals surface area contributed by atoms with Crippen molar-refractivity contribution in [3.8, 4) is 0 Å². The average molecular weight is 244 g/mol. The molecule has 1 heterocycles. The van der Waals surface area contributed by atoms with Gasteiger partial charge in [-0.2, -0.15) is 5.10 Å². The highest BCUT2D eigenvalue weighted by molar-refractivity contribution is 6.01. The summed E-state index contributed by atoms with van der Waals surface area (Å²) in [5.74, 6) is -1.14. The van der Waals surface area contributed by atoms with Gasteiger partial charge in [0.1, 0.15) is 0 Å². The van der Waals surface area contributed by atoms with Crippen LogP contribution in [0.2, 0.25) is 0 Å². The van der Waals surface area contributed by atoms with Crippen molar-refractivity contribution in [3.05, 3.63) is 52.5 Å². The van der Waals surface area contributed by atoms with E-state index in [9.17, 15) is 9.59 Å². The molecule has 0 saturated heterocycles. The van der Waals surface area contributed by atoms with Crippen LogP contribution in [0.5, 0.6) is 0 Å². The topological polar surface area (TPSA) is 72.2 Å². The lowest BCUT2D eigenvalue weighted by Crippen LogP contribution is -2.25. The van der Waals surface area contributed by atoms with Crippen molar-refractivity contribution < 1.29 is 9.90 Å². The Morgan fingerprint density at radius 2 is 2.06 bits per heavy atom. The van der Waals surface area contributed by atoms with E-state index in [1.54, 1.807) is 36.4 Å². The molecule has 1 N–H and O–H groups in total. The molecule has 0 fully saturated rings. The van der Waals surface area contributed by atoms with E-state index < -0.39 is 5.97 Å². The molecule has 0 aliphatic carbocycles. The van der Waals surface area contributed by atoms with Crippen LogP contribution in [0.15, 0.2) is 41.2 Å². The standard InChI is InChI=1S/C13H12N2O3/c1-2-3-8-15-12(16)10-7-5-4-6-9(10)11(14-15)13(17)18/h2-7H,8H2,1H3,(H,17,18)/b3-2+. The number of carboxylic acids is 1. The molecule has 0 spiro atoms. The number of aromatic nitrogens is 2. The third kappa shape index (κ3) is 2.02. The van der Waals surface area contributed by atoms with Gasteiger partial charge in [0.05, 0.1) is 11.9 Å². The van der Waals surface area contributed by atoms with E-state index in [1.807, 2.05) is 6.92 Å². The van der Waals surface area contributed by atoms with Crippen molar-refractivity contribution in [2.24, 2.45) is 0 Å². The molecule has 18 heavy (non-hydrogen) atoms. The molecule has 2 aromatic rings. The SMILES string of the molecule is C/C=C/Cn1nc(C(=O)O)c2ccccc2c1=O. The molecule has 0 saturated carbocycles. The van der Waals surface area contributed by atoms with Crippen molar-refractivity contribution >= 4 is 16.7 Å². The maximum absolute atomic E-state index is 12.1. The van der Waals surface area contributed by atoms with Crippen LogP contribution in [0.4, 0.5) is 0 Å². The Morgan fingerprint density at radius 1 is 1.39 bits per heavy atom. The summed E-state index contributed by atoms with van der Waals surface area (Å²) >= 11 is 0. The molecule has 0 aliphatic heterocycles. The normalized spacial score (nSPS) is 11.2. The Balaban J connectivity index is 2.79. The van der Waals surface area contributed by atoms with E-state index in [4.69, 9.17) is 5.11 Å². The zero-order valence-corrected chi connectivity index (χ0v) is 9.83. The third-order valence-corrected chi connectivity index (χ3v) is 2.58. The molecule has 5 heteroatoms. The van der Waals surface area contributed by atoms with Gasteiger partial charge in [0, 0.05) is 5.39 Å². The number of hydrogen-bond donors (Lipinski definition) is 1. The minimum atomic E-state index is -1.14. The van der Waals surface area contributed by atoms with Gasteiger partial charge in [-0.25, -0.2) is 9.48 Å². The molecule has 0 unspecified atom stereocenters. The fraction of sp³-hybridized carbons (Fsp3) is 0.154. The number of nitrogens with zero attached hydrogens (tertiary/aromatic N) is 2. The maximum Gasteiger partial charge on any atom is 0.357 e. The molecule has 2 rings (SSSR count). The smallest absolute Gasteiger partial charge is 0.357 e. The summed E-state index contributed by atoms with van der Waals surface area (Å²) < 4.78 is 1.16. The Hall–Kier alpha value is -2.43. The lowest BCUT2D eigenvalue weighted by molar-refractivity contribution is 0.0690. The number of hydrogen-bond acceptors (Lipinski definition) is 3. The number of allylic oxidation sites excluding steroid dienone is 2. The van der Waals surface area contributed by atoms with Crippen molar-refractivity contribution in [3.63, 3.8) is 0 Å². The molecule has 0 radical (unpaired) electrons. The summed E-state index contributed by atoms with van der Waals surface area (Å²) in [5.41, 5.74) is -0.386. The minimum Gasteiger partial charge on any atom is -0.476 e. The number of fused-ring (bicyclic) bond motifs is 1. The maximum atomic E-state index is 12.1. The summed E-state index contributed by atoms with van der Waals surface area (Å²) in [6.45, 7) is 2.09. The van der Waals surface area contributed by atoms with Crippen molar-refractivity contribution in [1.82, 2.24) is 9.78 Å². The molecule has 5 nitrogen and oxygen atoms in total. The van der Waals surface area contributed by atoms with Gasteiger partial charge >= 0.3 is 5.97 Å². The first-order chi connectivity index (χ1) is 8.65. The number of carbonyl (C=O) groups is 1. The number of rotatable bonds is 3. The fourth-order valence-corrected chi connectivity index (χ4v) is 1.72. The lowest BCUT2D eigenvalue weighted by Gasteiger charge is -2.06. The largest absolute Gasteiger partial charge is 0.476 e. The zero-order valence-electron chi connectivity index (χ0n) is 9.83. The van der Waals surface area contributed by atoms with Crippen LogP contribution >= 0.6 is 0 Å². The second-order valence-corrected chi connectivity index (χ2v) is 3.76. The van der Waals surface area contributed by atoms with E-state index in [-0.39, 0.29) is 17.8 Å². The van der Waals surface area contributed by atoms with Gasteiger partial charge in [-0.15, -0.1) is 0 Å². The average Bonchev–Trinajstić information content (AvgIpc) is 2.38. The van der Waals surface area contributed by atoms with Gasteiger partial charge < -0.3 is 5.11 Å². The third-order valence-electron chi connectivity index (χ3n) is 2.58. The summed E-state index contributed by atoms with van der Waals surface area (Å²) in [7, 11) is 0. The zero-order chi connectivity index (χ0) is 13.1. The highest BCUT2D eigenvalue weighted by Gasteiger charge is 2.14. The molecule has 0 bridgehead atoms. The second-order valence-electron chi connectivity index (χ2n) is 3.76. The summed E-state index contributed by atoms with van der Waals surface area (Å²) in [4.78, 5) is 23.2. The van der Waals surface area contributed by atoms with Crippen molar-refractivity contribution in [2.45, 2.75) is 13.5 Å². The van der Waals surface area contributed by atoms with Crippen molar-refractivity contribution in [1.29, 1.82) is 0 Å². The first-order valence-corrected chi connectivity index (χ1v) is 5.49. The molecular formula is C13H12N2O3. The highest BCUT2D eigenvalue weighted by atomic mass is 16.4. The highest BCUT2D eigenvalue weighted by Crippen LogP contribution is 2.12. The number of benzene rings is 1. The van der Waals surface area contributed by atoms with Crippen LogP contribution in [0.1, 0.15) is 17.4 Å². The molecule has 0 atom stereocenters.